The molecule has 1 aromatic carbocycles. The Bertz CT molecular complexity index is 1220. The molecular weight excluding hydrogens is 326 g/mol. The molecular formula is C21H19N3O2. The number of hydrogen-bond acceptors (Lipinski definition) is 3. The predicted octanol–water partition coefficient (Wildman–Crippen LogP) is 3.81. The van der Waals surface area contributed by atoms with E-state index in [2.05, 4.69) is 34.2 Å². The normalized spacial score (nSPS) is 14.4. The topological polar surface area (TPSA) is 59.9 Å². The number of para-hydroxylation sites is 1. The minimum Gasteiger partial charge on any atom is -0.377 e. The Labute approximate surface area is 150 Å². The first-order valence-electron chi connectivity index (χ1n) is 8.83. The van der Waals surface area contributed by atoms with Gasteiger partial charge >= 0.3 is 0 Å². The second-order valence-electron chi connectivity index (χ2n) is 6.83. The molecule has 0 aliphatic carbocycles. The number of fused-ring (bicyclic) bond motifs is 6. The first kappa shape index (κ1) is 15.3. The van der Waals surface area contributed by atoms with Gasteiger partial charge in [-0.1, -0.05) is 18.2 Å². The highest BCUT2D eigenvalue weighted by atomic mass is 16.5. The van der Waals surface area contributed by atoms with Gasteiger partial charge in [0.25, 0.3) is 5.56 Å². The number of nitrogens with one attached hydrogen (secondary N) is 1. The molecule has 26 heavy (non-hydrogen) atoms. The molecule has 4 aromatic rings. The molecule has 1 unspecified atom stereocenters. The van der Waals surface area contributed by atoms with Crippen molar-refractivity contribution in [2.24, 2.45) is 0 Å². The summed E-state index contributed by atoms with van der Waals surface area (Å²) in [5.41, 5.74) is 5.33. The zero-order valence-corrected chi connectivity index (χ0v) is 14.7. The zero-order chi connectivity index (χ0) is 17.8. The van der Waals surface area contributed by atoms with Gasteiger partial charge in [0, 0.05) is 42.5 Å². The van der Waals surface area contributed by atoms with Gasteiger partial charge < -0.3 is 14.3 Å². The lowest BCUT2D eigenvalue weighted by Gasteiger charge is -2.21. The van der Waals surface area contributed by atoms with Gasteiger partial charge in [-0.2, -0.15) is 0 Å². The van der Waals surface area contributed by atoms with Crippen molar-refractivity contribution < 1.29 is 4.74 Å². The summed E-state index contributed by atoms with van der Waals surface area (Å²) in [7, 11) is 1.67. The molecule has 0 radical (unpaired) electrons. The number of ether oxygens (including phenoxy) is 1. The molecule has 0 spiro atoms. The van der Waals surface area contributed by atoms with E-state index in [0.29, 0.717) is 11.9 Å². The Morgan fingerprint density at radius 1 is 1.19 bits per heavy atom. The Balaban J connectivity index is 1.87. The third-order valence-electron chi connectivity index (χ3n) is 5.51. The van der Waals surface area contributed by atoms with Crippen molar-refractivity contribution >= 4 is 21.7 Å². The first-order valence-corrected chi connectivity index (χ1v) is 8.83. The second-order valence-corrected chi connectivity index (χ2v) is 6.83. The van der Waals surface area contributed by atoms with Gasteiger partial charge in [0.1, 0.15) is 0 Å². The van der Waals surface area contributed by atoms with E-state index in [0.717, 1.165) is 34.3 Å². The maximum absolute atomic E-state index is 13.1. The Kier molecular flexibility index (Phi) is 3.27. The van der Waals surface area contributed by atoms with Crippen LogP contribution in [0, 0.1) is 0 Å². The van der Waals surface area contributed by atoms with E-state index in [-0.39, 0.29) is 11.7 Å². The number of aromatic amines is 1. The quantitative estimate of drug-likeness (QED) is 0.601. The Morgan fingerprint density at radius 3 is 2.88 bits per heavy atom. The highest BCUT2D eigenvalue weighted by molar-refractivity contribution is 5.93. The smallest absolute Gasteiger partial charge is 0.260 e. The summed E-state index contributed by atoms with van der Waals surface area (Å²) in [6, 6.07) is 10.4. The molecule has 0 bridgehead atoms. The lowest BCUT2D eigenvalue weighted by molar-refractivity contribution is 0.120. The van der Waals surface area contributed by atoms with Crippen LogP contribution < -0.4 is 5.56 Å². The van der Waals surface area contributed by atoms with Crippen molar-refractivity contribution in [3.63, 3.8) is 0 Å². The third-order valence-corrected chi connectivity index (χ3v) is 5.51. The number of hydrogen-bond donors (Lipinski definition) is 1. The fraction of sp³-hybridized carbons (Fsp3) is 0.238. The Morgan fingerprint density at radius 2 is 2.04 bits per heavy atom. The van der Waals surface area contributed by atoms with Crippen LogP contribution in [0.5, 0.6) is 0 Å². The molecule has 0 fully saturated rings. The number of aryl methyl sites for hydroxylation is 1. The van der Waals surface area contributed by atoms with Crippen molar-refractivity contribution in [1.29, 1.82) is 0 Å². The monoisotopic (exact) mass is 345 g/mol. The molecule has 1 aliphatic rings. The maximum Gasteiger partial charge on any atom is 0.260 e. The SMILES string of the molecule is COC(C)c1cncc2c(=O)n3c(cc12)-c1[nH]c2ccccc2c1CC3. The van der Waals surface area contributed by atoms with Gasteiger partial charge in [-0.3, -0.25) is 9.78 Å². The van der Waals surface area contributed by atoms with E-state index in [4.69, 9.17) is 4.74 Å². The molecule has 1 aliphatic heterocycles. The van der Waals surface area contributed by atoms with Crippen LogP contribution in [0.2, 0.25) is 0 Å². The lowest BCUT2D eigenvalue weighted by Crippen LogP contribution is -2.26. The van der Waals surface area contributed by atoms with Crippen molar-refractivity contribution in [2.45, 2.75) is 26.0 Å². The first-order chi connectivity index (χ1) is 12.7. The van der Waals surface area contributed by atoms with Gasteiger partial charge in [0.2, 0.25) is 0 Å². The third kappa shape index (κ3) is 2.01. The summed E-state index contributed by atoms with van der Waals surface area (Å²) < 4.78 is 7.35. The molecule has 0 amide bonds. The van der Waals surface area contributed by atoms with Gasteiger partial charge in [-0.25, -0.2) is 0 Å². The van der Waals surface area contributed by atoms with Crippen molar-refractivity contribution in [1.82, 2.24) is 14.5 Å². The van der Waals surface area contributed by atoms with E-state index in [9.17, 15) is 4.79 Å². The van der Waals surface area contributed by atoms with E-state index in [1.165, 1.54) is 10.9 Å². The van der Waals surface area contributed by atoms with Crippen LogP contribution in [0.3, 0.4) is 0 Å². The molecule has 5 heteroatoms. The van der Waals surface area contributed by atoms with Crippen LogP contribution in [0.25, 0.3) is 33.1 Å². The van der Waals surface area contributed by atoms with E-state index >= 15 is 0 Å². The standard InChI is InChI=1S/C21H19N3O2/c1-12(26-2)16-10-22-11-17-15(16)9-19-20-14(7-8-24(19)21(17)25)13-5-3-4-6-18(13)23-20/h3-6,9-12,23H,7-8H2,1-2H3. The molecule has 5 nitrogen and oxygen atoms in total. The fourth-order valence-corrected chi connectivity index (χ4v) is 4.07. The van der Waals surface area contributed by atoms with Crippen LogP contribution in [0.4, 0.5) is 0 Å². The maximum atomic E-state index is 13.1. The summed E-state index contributed by atoms with van der Waals surface area (Å²) in [6.07, 6.45) is 4.18. The summed E-state index contributed by atoms with van der Waals surface area (Å²) in [6.45, 7) is 2.66. The minimum absolute atomic E-state index is 0.0134. The van der Waals surface area contributed by atoms with Crippen molar-refractivity contribution in [2.75, 3.05) is 7.11 Å². The predicted molar refractivity (Wildman–Crippen MR) is 102 cm³/mol. The number of nitrogens with zero attached hydrogens (tertiary/aromatic N) is 2. The molecule has 5 rings (SSSR count). The summed E-state index contributed by atoms with van der Waals surface area (Å²) in [5.74, 6) is 0. The number of H-pyrrole nitrogens is 1. The number of rotatable bonds is 2. The summed E-state index contributed by atoms with van der Waals surface area (Å²) in [5, 5.41) is 2.80. The minimum atomic E-state index is -0.126. The van der Waals surface area contributed by atoms with E-state index < -0.39 is 0 Å². The second kappa shape index (κ2) is 5.54. The van der Waals surface area contributed by atoms with Crippen LogP contribution >= 0.6 is 0 Å². The highest BCUT2D eigenvalue weighted by Gasteiger charge is 2.23. The Hall–Kier alpha value is -2.92. The molecule has 0 saturated heterocycles. The average molecular weight is 345 g/mol. The number of pyridine rings is 2. The number of methoxy groups -OCH3 is 1. The van der Waals surface area contributed by atoms with Gasteiger partial charge in [0.05, 0.1) is 22.9 Å². The molecule has 1 atom stereocenters. The molecule has 3 aromatic heterocycles. The lowest BCUT2D eigenvalue weighted by atomic mass is 9.98. The van der Waals surface area contributed by atoms with Crippen LogP contribution in [0.1, 0.15) is 24.2 Å². The zero-order valence-electron chi connectivity index (χ0n) is 14.7. The number of aromatic nitrogens is 3. The van der Waals surface area contributed by atoms with E-state index in [1.54, 1.807) is 19.5 Å². The highest BCUT2D eigenvalue weighted by Crippen LogP contribution is 2.35. The average Bonchev–Trinajstić information content (AvgIpc) is 3.06. The largest absolute Gasteiger partial charge is 0.377 e. The van der Waals surface area contributed by atoms with Gasteiger partial charge in [0.15, 0.2) is 0 Å². The fourth-order valence-electron chi connectivity index (χ4n) is 4.07. The van der Waals surface area contributed by atoms with Gasteiger partial charge in [-0.15, -0.1) is 0 Å². The molecule has 1 N–H and O–H groups in total. The molecule has 0 saturated carbocycles. The van der Waals surface area contributed by atoms with Crippen LogP contribution in [0.15, 0.2) is 47.5 Å². The molecule has 130 valence electrons. The van der Waals surface area contributed by atoms with E-state index in [1.807, 2.05) is 17.6 Å². The van der Waals surface area contributed by atoms with Crippen LogP contribution in [-0.2, 0) is 17.7 Å². The van der Waals surface area contributed by atoms with Crippen LogP contribution in [-0.4, -0.2) is 21.6 Å². The van der Waals surface area contributed by atoms with Crippen molar-refractivity contribution in [3.8, 4) is 11.4 Å². The molecule has 4 heterocycles. The summed E-state index contributed by atoms with van der Waals surface area (Å²) >= 11 is 0. The van der Waals surface area contributed by atoms with Gasteiger partial charge in [-0.05, 0) is 36.4 Å². The summed E-state index contributed by atoms with van der Waals surface area (Å²) in [4.78, 5) is 20.9. The van der Waals surface area contributed by atoms with Crippen molar-refractivity contribution in [3.05, 3.63) is 64.2 Å². The number of benzene rings is 1.